The molecule has 0 unspecified atom stereocenters. The minimum absolute atomic E-state index is 0.136. The van der Waals surface area contributed by atoms with Gasteiger partial charge in [-0.1, -0.05) is 0 Å². The van der Waals surface area contributed by atoms with Crippen LogP contribution in [0.3, 0.4) is 0 Å². The number of ether oxygens (including phenoxy) is 1. The van der Waals surface area contributed by atoms with E-state index >= 15 is 0 Å². The predicted octanol–water partition coefficient (Wildman–Crippen LogP) is 2.09. The van der Waals surface area contributed by atoms with Gasteiger partial charge in [0.2, 0.25) is 11.8 Å². The molecular formula is C15H26N4O. The van der Waals surface area contributed by atoms with E-state index in [1.807, 2.05) is 19.9 Å². The van der Waals surface area contributed by atoms with Gasteiger partial charge in [-0.2, -0.15) is 4.98 Å². The topological polar surface area (TPSA) is 50.3 Å². The van der Waals surface area contributed by atoms with Gasteiger partial charge in [0.1, 0.15) is 0 Å². The van der Waals surface area contributed by atoms with Crippen LogP contribution < -0.4 is 15.0 Å². The molecule has 20 heavy (non-hydrogen) atoms. The summed E-state index contributed by atoms with van der Waals surface area (Å²) in [5.74, 6) is 2.17. The first-order valence-corrected chi connectivity index (χ1v) is 7.64. The van der Waals surface area contributed by atoms with Crippen LogP contribution in [0.4, 0.5) is 5.95 Å². The minimum Gasteiger partial charge on any atom is -0.475 e. The number of hydrogen-bond acceptors (Lipinski definition) is 5. The average Bonchev–Trinajstić information content (AvgIpc) is 2.45. The first-order valence-electron chi connectivity index (χ1n) is 7.64. The van der Waals surface area contributed by atoms with Crippen LogP contribution in [0, 0.1) is 5.92 Å². The number of hydrogen-bond donors (Lipinski definition) is 1. The molecule has 0 radical (unpaired) electrons. The van der Waals surface area contributed by atoms with Gasteiger partial charge >= 0.3 is 0 Å². The first kappa shape index (κ1) is 15.0. The molecule has 1 aliphatic rings. The third-order valence-electron chi connectivity index (χ3n) is 3.58. The van der Waals surface area contributed by atoms with Crippen molar-refractivity contribution < 1.29 is 4.74 Å². The third-order valence-corrected chi connectivity index (χ3v) is 3.58. The van der Waals surface area contributed by atoms with Gasteiger partial charge in [-0.05, 0) is 52.6 Å². The second-order valence-electron chi connectivity index (χ2n) is 5.59. The van der Waals surface area contributed by atoms with Gasteiger partial charge in [-0.15, -0.1) is 0 Å². The van der Waals surface area contributed by atoms with Gasteiger partial charge < -0.3 is 15.0 Å². The van der Waals surface area contributed by atoms with E-state index in [9.17, 15) is 0 Å². The minimum atomic E-state index is 0.136. The maximum atomic E-state index is 5.65. The Kier molecular flexibility index (Phi) is 5.59. The molecule has 0 aromatic carbocycles. The second-order valence-corrected chi connectivity index (χ2v) is 5.59. The molecule has 0 saturated carbocycles. The molecule has 1 saturated heterocycles. The lowest BCUT2D eigenvalue weighted by molar-refractivity contribution is 0.232. The van der Waals surface area contributed by atoms with E-state index in [1.54, 1.807) is 6.20 Å². The maximum Gasteiger partial charge on any atom is 0.228 e. The van der Waals surface area contributed by atoms with E-state index in [-0.39, 0.29) is 6.10 Å². The standard InChI is InChI=1S/C15H26N4O/c1-4-19(11-13-5-8-16-9-6-13)15-17-10-7-14(18-15)20-12(2)3/h7,10,12-13,16H,4-6,8-9,11H2,1-3H3. The van der Waals surface area contributed by atoms with Crippen molar-refractivity contribution in [3.63, 3.8) is 0 Å². The molecule has 0 amide bonds. The normalized spacial score (nSPS) is 16.4. The predicted molar refractivity (Wildman–Crippen MR) is 81.3 cm³/mol. The monoisotopic (exact) mass is 278 g/mol. The highest BCUT2D eigenvalue weighted by Crippen LogP contribution is 2.18. The molecule has 2 rings (SSSR count). The summed E-state index contributed by atoms with van der Waals surface area (Å²) in [4.78, 5) is 11.2. The Morgan fingerprint density at radius 2 is 2.15 bits per heavy atom. The Hall–Kier alpha value is -1.36. The summed E-state index contributed by atoms with van der Waals surface area (Å²) < 4.78 is 5.65. The third kappa shape index (κ3) is 4.34. The van der Waals surface area contributed by atoms with E-state index in [0.29, 0.717) is 5.88 Å². The molecule has 0 bridgehead atoms. The number of rotatable bonds is 6. The zero-order chi connectivity index (χ0) is 14.4. The summed E-state index contributed by atoms with van der Waals surface area (Å²) in [5, 5.41) is 3.41. The number of nitrogens with one attached hydrogen (secondary N) is 1. The number of aromatic nitrogens is 2. The Labute approximate surface area is 121 Å². The van der Waals surface area contributed by atoms with Crippen LogP contribution in [0.5, 0.6) is 5.88 Å². The van der Waals surface area contributed by atoms with Crippen LogP contribution in [0.25, 0.3) is 0 Å². The van der Waals surface area contributed by atoms with E-state index in [4.69, 9.17) is 4.74 Å². The molecular weight excluding hydrogens is 252 g/mol. The van der Waals surface area contributed by atoms with Gasteiger partial charge in [0, 0.05) is 25.4 Å². The number of nitrogens with zero attached hydrogens (tertiary/aromatic N) is 3. The van der Waals surface area contributed by atoms with Gasteiger partial charge in [-0.25, -0.2) is 4.98 Å². The number of anilines is 1. The summed E-state index contributed by atoms with van der Waals surface area (Å²) in [6.45, 7) is 10.4. The smallest absolute Gasteiger partial charge is 0.228 e. The van der Waals surface area contributed by atoms with E-state index in [1.165, 1.54) is 12.8 Å². The highest BCUT2D eigenvalue weighted by Gasteiger charge is 2.18. The molecule has 1 aromatic heterocycles. The molecule has 1 aliphatic heterocycles. The van der Waals surface area contributed by atoms with Gasteiger partial charge in [-0.3, -0.25) is 0 Å². The van der Waals surface area contributed by atoms with Crippen molar-refractivity contribution >= 4 is 5.95 Å². The molecule has 0 atom stereocenters. The maximum absolute atomic E-state index is 5.65. The van der Waals surface area contributed by atoms with Crippen molar-refractivity contribution in [1.29, 1.82) is 0 Å². The fourth-order valence-electron chi connectivity index (χ4n) is 2.52. The molecule has 5 nitrogen and oxygen atoms in total. The summed E-state index contributed by atoms with van der Waals surface area (Å²) in [6.07, 6.45) is 4.39. The van der Waals surface area contributed by atoms with E-state index < -0.39 is 0 Å². The quantitative estimate of drug-likeness (QED) is 0.863. The molecule has 0 aliphatic carbocycles. The summed E-state index contributed by atoms with van der Waals surface area (Å²) >= 11 is 0. The molecule has 1 aromatic rings. The highest BCUT2D eigenvalue weighted by molar-refractivity contribution is 5.31. The second kappa shape index (κ2) is 7.43. The SMILES string of the molecule is CCN(CC1CCNCC1)c1nccc(OC(C)C)n1. The molecule has 1 N–H and O–H groups in total. The van der Waals surface area contributed by atoms with Crippen molar-refractivity contribution in [2.75, 3.05) is 31.1 Å². The van der Waals surface area contributed by atoms with E-state index in [0.717, 1.165) is 38.0 Å². The molecule has 2 heterocycles. The average molecular weight is 278 g/mol. The summed E-state index contributed by atoms with van der Waals surface area (Å²) in [6, 6.07) is 1.82. The Balaban J connectivity index is 2.02. The van der Waals surface area contributed by atoms with Crippen LogP contribution in [0.2, 0.25) is 0 Å². The van der Waals surface area contributed by atoms with Crippen LogP contribution in [-0.2, 0) is 0 Å². The Bertz CT molecular complexity index is 405. The molecule has 1 fully saturated rings. The lowest BCUT2D eigenvalue weighted by atomic mass is 9.98. The zero-order valence-corrected chi connectivity index (χ0v) is 12.8. The van der Waals surface area contributed by atoms with Crippen LogP contribution in [-0.4, -0.2) is 42.3 Å². The van der Waals surface area contributed by atoms with Crippen LogP contribution in [0.1, 0.15) is 33.6 Å². The van der Waals surface area contributed by atoms with Gasteiger partial charge in [0.15, 0.2) is 0 Å². The molecule has 112 valence electrons. The summed E-state index contributed by atoms with van der Waals surface area (Å²) in [5.41, 5.74) is 0. The fourth-order valence-corrected chi connectivity index (χ4v) is 2.52. The summed E-state index contributed by atoms with van der Waals surface area (Å²) in [7, 11) is 0. The van der Waals surface area contributed by atoms with Crippen molar-refractivity contribution in [3.05, 3.63) is 12.3 Å². The lowest BCUT2D eigenvalue weighted by Crippen LogP contribution is -2.37. The Morgan fingerprint density at radius 1 is 1.40 bits per heavy atom. The first-order chi connectivity index (χ1) is 9.69. The van der Waals surface area contributed by atoms with Gasteiger partial charge in [0.05, 0.1) is 6.10 Å². The lowest BCUT2D eigenvalue weighted by Gasteiger charge is -2.29. The molecule has 0 spiro atoms. The molecule has 5 heteroatoms. The fraction of sp³-hybridized carbons (Fsp3) is 0.733. The van der Waals surface area contributed by atoms with Crippen molar-refractivity contribution in [1.82, 2.24) is 15.3 Å². The highest BCUT2D eigenvalue weighted by atomic mass is 16.5. The largest absolute Gasteiger partial charge is 0.475 e. The number of piperidine rings is 1. The van der Waals surface area contributed by atoms with Crippen LogP contribution in [0.15, 0.2) is 12.3 Å². The van der Waals surface area contributed by atoms with Gasteiger partial charge in [0.25, 0.3) is 0 Å². The zero-order valence-electron chi connectivity index (χ0n) is 12.8. The van der Waals surface area contributed by atoms with Crippen LogP contribution >= 0.6 is 0 Å². The van der Waals surface area contributed by atoms with E-state index in [2.05, 4.69) is 27.1 Å². The van der Waals surface area contributed by atoms with Crippen molar-refractivity contribution in [3.8, 4) is 5.88 Å². The van der Waals surface area contributed by atoms with Crippen molar-refractivity contribution in [2.45, 2.75) is 39.7 Å². The Morgan fingerprint density at radius 3 is 2.80 bits per heavy atom. The van der Waals surface area contributed by atoms with Crippen molar-refractivity contribution in [2.24, 2.45) is 5.92 Å².